The van der Waals surface area contributed by atoms with Crippen LogP contribution in [-0.2, 0) is 9.59 Å². The zero-order chi connectivity index (χ0) is 11.5. The molecule has 0 spiro atoms. The minimum atomic E-state index is -0.779. The Morgan fingerprint density at radius 1 is 1.19 bits per heavy atom. The lowest BCUT2D eigenvalue weighted by Gasteiger charge is -2.23. The van der Waals surface area contributed by atoms with Crippen LogP contribution in [0, 0.1) is 11.8 Å². The highest BCUT2D eigenvalue weighted by molar-refractivity contribution is 5.81. The fraction of sp³-hybridized carbons (Fsp3) is 0.667. The summed E-state index contributed by atoms with van der Waals surface area (Å²) in [5.74, 6) is -0.910. The molecule has 1 aliphatic heterocycles. The Kier molecular flexibility index (Phi) is 3.27. The summed E-state index contributed by atoms with van der Waals surface area (Å²) in [7, 11) is 0. The highest BCUT2D eigenvalue weighted by Crippen LogP contribution is 2.24. The van der Waals surface area contributed by atoms with Gasteiger partial charge < -0.3 is 10.0 Å². The summed E-state index contributed by atoms with van der Waals surface area (Å²) in [5, 5.41) is 8.87. The maximum atomic E-state index is 12.1. The molecule has 0 unspecified atom stereocenters. The van der Waals surface area contributed by atoms with Crippen molar-refractivity contribution < 1.29 is 14.7 Å². The SMILES string of the molecule is O=C(O)[C@@H]1CCN(C(=O)[C@@H]2CC=CCC2)C1. The molecule has 2 rings (SSSR count). The molecule has 2 atom stereocenters. The van der Waals surface area contributed by atoms with Gasteiger partial charge in [-0.05, 0) is 25.7 Å². The van der Waals surface area contributed by atoms with Gasteiger partial charge in [0.2, 0.25) is 5.91 Å². The van der Waals surface area contributed by atoms with E-state index in [2.05, 4.69) is 12.2 Å². The van der Waals surface area contributed by atoms with E-state index in [1.54, 1.807) is 4.90 Å². The molecule has 1 aliphatic carbocycles. The first-order valence-electron chi connectivity index (χ1n) is 5.85. The number of carboxylic acids is 1. The first-order chi connectivity index (χ1) is 7.68. The monoisotopic (exact) mass is 223 g/mol. The molecule has 4 nitrogen and oxygen atoms in total. The van der Waals surface area contributed by atoms with Gasteiger partial charge in [-0.15, -0.1) is 0 Å². The molecule has 1 N–H and O–H groups in total. The van der Waals surface area contributed by atoms with Crippen LogP contribution >= 0.6 is 0 Å². The van der Waals surface area contributed by atoms with Crippen LogP contribution in [0.15, 0.2) is 12.2 Å². The van der Waals surface area contributed by atoms with Gasteiger partial charge in [-0.1, -0.05) is 12.2 Å². The summed E-state index contributed by atoms with van der Waals surface area (Å²) in [5.41, 5.74) is 0. The molecule has 4 heteroatoms. The van der Waals surface area contributed by atoms with Crippen LogP contribution in [-0.4, -0.2) is 35.0 Å². The van der Waals surface area contributed by atoms with Crippen LogP contribution in [0.25, 0.3) is 0 Å². The minimum Gasteiger partial charge on any atom is -0.481 e. The van der Waals surface area contributed by atoms with E-state index < -0.39 is 5.97 Å². The van der Waals surface area contributed by atoms with Gasteiger partial charge in [-0.3, -0.25) is 9.59 Å². The smallest absolute Gasteiger partial charge is 0.308 e. The second kappa shape index (κ2) is 4.68. The number of likely N-dealkylation sites (tertiary alicyclic amines) is 1. The van der Waals surface area contributed by atoms with Crippen LogP contribution in [0.2, 0.25) is 0 Å². The van der Waals surface area contributed by atoms with Crippen LogP contribution in [0.4, 0.5) is 0 Å². The van der Waals surface area contributed by atoms with Crippen molar-refractivity contribution in [3.63, 3.8) is 0 Å². The molecule has 1 amide bonds. The van der Waals surface area contributed by atoms with E-state index in [-0.39, 0.29) is 17.7 Å². The lowest BCUT2D eigenvalue weighted by atomic mass is 9.93. The molecular weight excluding hydrogens is 206 g/mol. The molecule has 0 radical (unpaired) electrons. The van der Waals surface area contributed by atoms with E-state index in [0.29, 0.717) is 19.5 Å². The van der Waals surface area contributed by atoms with Gasteiger partial charge in [-0.2, -0.15) is 0 Å². The highest BCUT2D eigenvalue weighted by Gasteiger charge is 2.33. The number of hydrogen-bond acceptors (Lipinski definition) is 2. The Labute approximate surface area is 94.9 Å². The molecule has 0 aromatic rings. The van der Waals surface area contributed by atoms with E-state index in [0.717, 1.165) is 19.3 Å². The number of hydrogen-bond donors (Lipinski definition) is 1. The lowest BCUT2D eigenvalue weighted by Crippen LogP contribution is -2.35. The summed E-state index contributed by atoms with van der Waals surface area (Å²) in [4.78, 5) is 24.6. The largest absolute Gasteiger partial charge is 0.481 e. The van der Waals surface area contributed by atoms with Crippen molar-refractivity contribution >= 4 is 11.9 Å². The number of rotatable bonds is 2. The summed E-state index contributed by atoms with van der Waals surface area (Å²) < 4.78 is 0. The lowest BCUT2D eigenvalue weighted by molar-refractivity contribution is -0.141. The number of carbonyl (C=O) groups is 2. The van der Waals surface area contributed by atoms with Crippen LogP contribution in [0.1, 0.15) is 25.7 Å². The van der Waals surface area contributed by atoms with Crippen molar-refractivity contribution in [3.8, 4) is 0 Å². The third-order valence-electron chi connectivity index (χ3n) is 3.47. The third kappa shape index (κ3) is 2.26. The molecule has 0 aromatic carbocycles. The molecular formula is C12H17NO3. The zero-order valence-electron chi connectivity index (χ0n) is 9.26. The Hall–Kier alpha value is -1.32. The van der Waals surface area contributed by atoms with E-state index in [1.165, 1.54) is 0 Å². The minimum absolute atomic E-state index is 0.0811. The van der Waals surface area contributed by atoms with Gasteiger partial charge in [-0.25, -0.2) is 0 Å². The standard InChI is InChI=1S/C12H17NO3/c14-11(9-4-2-1-3-5-9)13-7-6-10(8-13)12(15)16/h1-2,9-10H,3-8H2,(H,15,16)/t9-,10-/m1/s1. The molecule has 88 valence electrons. The molecule has 0 aromatic heterocycles. The van der Waals surface area contributed by atoms with Gasteiger partial charge in [0.25, 0.3) is 0 Å². The van der Waals surface area contributed by atoms with Crippen molar-refractivity contribution in [1.82, 2.24) is 4.90 Å². The molecule has 16 heavy (non-hydrogen) atoms. The van der Waals surface area contributed by atoms with Crippen LogP contribution in [0.5, 0.6) is 0 Å². The number of allylic oxidation sites excluding steroid dienone is 2. The summed E-state index contributed by atoms with van der Waals surface area (Å²) in [6.45, 7) is 1.00. The second-order valence-corrected chi connectivity index (χ2v) is 4.59. The maximum absolute atomic E-state index is 12.1. The topological polar surface area (TPSA) is 57.6 Å². The molecule has 1 saturated heterocycles. The van der Waals surface area contributed by atoms with Crippen molar-refractivity contribution in [2.45, 2.75) is 25.7 Å². The quantitative estimate of drug-likeness (QED) is 0.717. The van der Waals surface area contributed by atoms with E-state index in [1.807, 2.05) is 0 Å². The Morgan fingerprint density at radius 2 is 2.00 bits per heavy atom. The Balaban J connectivity index is 1.91. The summed E-state index contributed by atoms with van der Waals surface area (Å²) in [6, 6.07) is 0. The third-order valence-corrected chi connectivity index (χ3v) is 3.47. The summed E-state index contributed by atoms with van der Waals surface area (Å²) >= 11 is 0. The second-order valence-electron chi connectivity index (χ2n) is 4.59. The van der Waals surface area contributed by atoms with Crippen LogP contribution in [0.3, 0.4) is 0 Å². The normalized spacial score (nSPS) is 29.4. The molecule has 1 heterocycles. The van der Waals surface area contributed by atoms with Crippen molar-refractivity contribution in [2.75, 3.05) is 13.1 Å². The van der Waals surface area contributed by atoms with E-state index in [9.17, 15) is 9.59 Å². The van der Waals surface area contributed by atoms with Gasteiger partial charge in [0.05, 0.1) is 5.92 Å². The fourth-order valence-electron chi connectivity index (χ4n) is 2.44. The van der Waals surface area contributed by atoms with Gasteiger partial charge >= 0.3 is 5.97 Å². The maximum Gasteiger partial charge on any atom is 0.308 e. The molecule has 2 aliphatic rings. The number of carbonyl (C=O) groups excluding carboxylic acids is 1. The van der Waals surface area contributed by atoms with E-state index in [4.69, 9.17) is 5.11 Å². The first-order valence-corrected chi connectivity index (χ1v) is 5.85. The zero-order valence-corrected chi connectivity index (χ0v) is 9.26. The van der Waals surface area contributed by atoms with Crippen molar-refractivity contribution in [3.05, 3.63) is 12.2 Å². The van der Waals surface area contributed by atoms with Gasteiger partial charge in [0, 0.05) is 19.0 Å². The van der Waals surface area contributed by atoms with Gasteiger partial charge in [0.1, 0.15) is 0 Å². The predicted octanol–water partition coefficient (Wildman–Crippen LogP) is 1.28. The van der Waals surface area contributed by atoms with E-state index >= 15 is 0 Å². The number of amides is 1. The van der Waals surface area contributed by atoms with Crippen molar-refractivity contribution in [1.29, 1.82) is 0 Å². The number of aliphatic carboxylic acids is 1. The predicted molar refractivity (Wildman–Crippen MR) is 58.8 cm³/mol. The number of carboxylic acid groups (broad SMARTS) is 1. The fourth-order valence-corrected chi connectivity index (χ4v) is 2.44. The molecule has 0 bridgehead atoms. The highest BCUT2D eigenvalue weighted by atomic mass is 16.4. The Morgan fingerprint density at radius 3 is 2.56 bits per heavy atom. The molecule has 0 saturated carbocycles. The van der Waals surface area contributed by atoms with Gasteiger partial charge in [0.15, 0.2) is 0 Å². The first kappa shape index (κ1) is 11.2. The summed E-state index contributed by atoms with van der Waals surface area (Å²) in [6.07, 6.45) is 7.44. The number of nitrogens with zero attached hydrogens (tertiary/aromatic N) is 1. The average Bonchev–Trinajstić information content (AvgIpc) is 2.78. The average molecular weight is 223 g/mol. The molecule has 1 fully saturated rings. The van der Waals surface area contributed by atoms with Crippen LogP contribution < -0.4 is 0 Å². The Bertz CT molecular complexity index is 324. The van der Waals surface area contributed by atoms with Crippen molar-refractivity contribution in [2.24, 2.45) is 11.8 Å².